The SMILES string of the molecule is CCOC(=O)CCN(C)CC(=O)Nc1ccccc1Cl. The molecule has 0 radical (unpaired) electrons. The number of anilines is 1. The van der Waals surface area contributed by atoms with Crippen molar-refractivity contribution in [2.75, 3.05) is 32.1 Å². The van der Waals surface area contributed by atoms with Crippen molar-refractivity contribution in [2.45, 2.75) is 13.3 Å². The van der Waals surface area contributed by atoms with E-state index in [2.05, 4.69) is 5.32 Å². The molecule has 0 aromatic heterocycles. The third kappa shape index (κ3) is 6.04. The number of nitrogens with one attached hydrogen (secondary N) is 1. The van der Waals surface area contributed by atoms with Gasteiger partial charge in [0.2, 0.25) is 5.91 Å². The van der Waals surface area contributed by atoms with Crippen LogP contribution in [0.1, 0.15) is 13.3 Å². The molecule has 0 fully saturated rings. The number of hydrogen-bond donors (Lipinski definition) is 1. The van der Waals surface area contributed by atoms with Crippen LogP contribution in [-0.4, -0.2) is 43.5 Å². The van der Waals surface area contributed by atoms with Crippen LogP contribution in [-0.2, 0) is 14.3 Å². The first-order valence-corrected chi connectivity index (χ1v) is 6.79. The summed E-state index contributed by atoms with van der Waals surface area (Å²) in [4.78, 5) is 24.8. The van der Waals surface area contributed by atoms with Crippen LogP contribution in [0.5, 0.6) is 0 Å². The summed E-state index contributed by atoms with van der Waals surface area (Å²) in [7, 11) is 1.77. The second-order valence-electron chi connectivity index (χ2n) is 4.32. The number of halogens is 1. The quantitative estimate of drug-likeness (QED) is 0.784. The van der Waals surface area contributed by atoms with Crippen molar-refractivity contribution in [3.05, 3.63) is 29.3 Å². The van der Waals surface area contributed by atoms with E-state index in [-0.39, 0.29) is 24.8 Å². The van der Waals surface area contributed by atoms with Crippen LogP contribution in [0.2, 0.25) is 5.02 Å². The number of rotatable bonds is 7. The van der Waals surface area contributed by atoms with Crippen LogP contribution < -0.4 is 5.32 Å². The fraction of sp³-hybridized carbons (Fsp3) is 0.429. The standard InChI is InChI=1S/C14H19ClN2O3/c1-3-20-14(19)8-9-17(2)10-13(18)16-12-7-5-4-6-11(12)15/h4-7H,3,8-10H2,1-2H3,(H,16,18). The lowest BCUT2D eigenvalue weighted by Gasteiger charge is -2.16. The molecule has 20 heavy (non-hydrogen) atoms. The van der Waals surface area contributed by atoms with Crippen molar-refractivity contribution in [1.29, 1.82) is 0 Å². The smallest absolute Gasteiger partial charge is 0.307 e. The second kappa shape index (κ2) is 8.55. The van der Waals surface area contributed by atoms with Gasteiger partial charge in [-0.1, -0.05) is 23.7 Å². The van der Waals surface area contributed by atoms with Crippen molar-refractivity contribution in [3.63, 3.8) is 0 Å². The van der Waals surface area contributed by atoms with Gasteiger partial charge in [0.1, 0.15) is 0 Å². The van der Waals surface area contributed by atoms with E-state index in [1.165, 1.54) is 0 Å². The van der Waals surface area contributed by atoms with Crippen LogP contribution in [0, 0.1) is 0 Å². The van der Waals surface area contributed by atoms with Gasteiger partial charge < -0.3 is 10.1 Å². The minimum absolute atomic E-state index is 0.176. The molecule has 0 unspecified atom stereocenters. The molecule has 0 heterocycles. The number of carbonyl (C=O) groups is 2. The molecule has 0 atom stereocenters. The van der Waals surface area contributed by atoms with Gasteiger partial charge in [-0.15, -0.1) is 0 Å². The first-order chi connectivity index (χ1) is 9.52. The molecule has 1 rings (SSSR count). The number of esters is 1. The van der Waals surface area contributed by atoms with Crippen molar-refractivity contribution in [1.82, 2.24) is 4.90 Å². The summed E-state index contributed by atoms with van der Waals surface area (Å²) in [6, 6.07) is 7.04. The van der Waals surface area contributed by atoms with E-state index in [0.29, 0.717) is 23.9 Å². The highest BCUT2D eigenvalue weighted by atomic mass is 35.5. The van der Waals surface area contributed by atoms with E-state index in [1.54, 1.807) is 43.1 Å². The Morgan fingerprint density at radius 1 is 1.35 bits per heavy atom. The van der Waals surface area contributed by atoms with Gasteiger partial charge in [0.15, 0.2) is 0 Å². The number of para-hydroxylation sites is 1. The minimum atomic E-state index is -0.258. The molecule has 0 saturated heterocycles. The highest BCUT2D eigenvalue weighted by Crippen LogP contribution is 2.20. The van der Waals surface area contributed by atoms with Gasteiger partial charge in [0.25, 0.3) is 0 Å². The van der Waals surface area contributed by atoms with Crippen molar-refractivity contribution in [2.24, 2.45) is 0 Å². The largest absolute Gasteiger partial charge is 0.466 e. The number of hydrogen-bond acceptors (Lipinski definition) is 4. The lowest BCUT2D eigenvalue weighted by atomic mass is 10.3. The van der Waals surface area contributed by atoms with Gasteiger partial charge >= 0.3 is 5.97 Å². The van der Waals surface area contributed by atoms with Crippen LogP contribution in [0.3, 0.4) is 0 Å². The van der Waals surface area contributed by atoms with Gasteiger partial charge in [0.05, 0.1) is 30.3 Å². The predicted molar refractivity (Wildman–Crippen MR) is 78.8 cm³/mol. The summed E-state index contributed by atoms with van der Waals surface area (Å²) < 4.78 is 4.83. The van der Waals surface area contributed by atoms with Crippen molar-refractivity contribution < 1.29 is 14.3 Å². The molecule has 1 aromatic rings. The number of ether oxygens (including phenoxy) is 1. The summed E-state index contributed by atoms with van der Waals surface area (Å²) in [5, 5.41) is 3.22. The van der Waals surface area contributed by atoms with Gasteiger partial charge in [-0.25, -0.2) is 0 Å². The fourth-order valence-electron chi connectivity index (χ4n) is 1.59. The zero-order valence-electron chi connectivity index (χ0n) is 11.7. The molecule has 5 nitrogen and oxygen atoms in total. The molecule has 1 amide bonds. The van der Waals surface area contributed by atoms with Crippen LogP contribution in [0.15, 0.2) is 24.3 Å². The molecule has 1 aromatic carbocycles. The lowest BCUT2D eigenvalue weighted by molar-refractivity contribution is -0.143. The summed E-state index contributed by atoms with van der Waals surface area (Å²) in [6.45, 7) is 2.79. The van der Waals surface area contributed by atoms with Gasteiger partial charge in [-0.05, 0) is 26.1 Å². The molecule has 0 saturated carbocycles. The molecule has 110 valence electrons. The number of nitrogens with zero attached hydrogens (tertiary/aromatic N) is 1. The molecule has 0 aliphatic heterocycles. The topological polar surface area (TPSA) is 58.6 Å². The first-order valence-electron chi connectivity index (χ1n) is 6.41. The maximum Gasteiger partial charge on any atom is 0.307 e. The summed E-state index contributed by atoms with van der Waals surface area (Å²) in [6.07, 6.45) is 0.268. The number of likely N-dealkylation sites (N-methyl/N-ethyl adjacent to an activating group) is 1. The Bertz CT molecular complexity index is 465. The highest BCUT2D eigenvalue weighted by Gasteiger charge is 2.10. The van der Waals surface area contributed by atoms with Crippen LogP contribution in [0.25, 0.3) is 0 Å². The molecule has 6 heteroatoms. The molecular formula is C14H19ClN2O3. The molecule has 0 bridgehead atoms. The van der Waals surface area contributed by atoms with Crippen molar-refractivity contribution >= 4 is 29.2 Å². The monoisotopic (exact) mass is 298 g/mol. The van der Waals surface area contributed by atoms with E-state index >= 15 is 0 Å². The average Bonchev–Trinajstić information content (AvgIpc) is 2.39. The fourth-order valence-corrected chi connectivity index (χ4v) is 1.77. The third-order valence-electron chi connectivity index (χ3n) is 2.56. The van der Waals surface area contributed by atoms with Gasteiger partial charge in [0, 0.05) is 6.54 Å². The Kier molecular flexibility index (Phi) is 7.04. The molecular weight excluding hydrogens is 280 g/mol. The summed E-state index contributed by atoms with van der Waals surface area (Å²) in [5.74, 6) is -0.435. The maximum atomic E-state index is 11.8. The highest BCUT2D eigenvalue weighted by molar-refractivity contribution is 6.33. The van der Waals surface area contributed by atoms with Crippen molar-refractivity contribution in [3.8, 4) is 0 Å². The predicted octanol–water partition coefficient (Wildman–Crippen LogP) is 2.16. The van der Waals surface area contributed by atoms with Gasteiger partial charge in [-0.3, -0.25) is 14.5 Å². The molecule has 0 aliphatic rings. The zero-order valence-corrected chi connectivity index (χ0v) is 12.4. The Balaban J connectivity index is 2.35. The Labute approximate surface area is 123 Å². The van der Waals surface area contributed by atoms with E-state index in [0.717, 1.165) is 0 Å². The normalized spacial score (nSPS) is 10.4. The zero-order chi connectivity index (χ0) is 15.0. The number of benzene rings is 1. The van der Waals surface area contributed by atoms with E-state index in [4.69, 9.17) is 16.3 Å². The second-order valence-corrected chi connectivity index (χ2v) is 4.73. The first kappa shape index (κ1) is 16.5. The molecule has 0 aliphatic carbocycles. The lowest BCUT2D eigenvalue weighted by Crippen LogP contribution is -2.32. The van der Waals surface area contributed by atoms with Crippen LogP contribution >= 0.6 is 11.6 Å². The molecule has 0 spiro atoms. The Hall–Kier alpha value is -1.59. The summed E-state index contributed by atoms with van der Waals surface area (Å²) in [5.41, 5.74) is 0.581. The van der Waals surface area contributed by atoms with E-state index in [9.17, 15) is 9.59 Å². The van der Waals surface area contributed by atoms with Crippen LogP contribution in [0.4, 0.5) is 5.69 Å². The Morgan fingerprint density at radius 2 is 2.05 bits per heavy atom. The number of carbonyl (C=O) groups excluding carboxylic acids is 2. The Morgan fingerprint density at radius 3 is 2.70 bits per heavy atom. The number of amides is 1. The average molecular weight is 299 g/mol. The summed E-state index contributed by atoms with van der Waals surface area (Å²) >= 11 is 5.95. The minimum Gasteiger partial charge on any atom is -0.466 e. The van der Waals surface area contributed by atoms with Gasteiger partial charge in [-0.2, -0.15) is 0 Å². The third-order valence-corrected chi connectivity index (χ3v) is 2.89. The van der Waals surface area contributed by atoms with E-state index in [1.807, 2.05) is 0 Å². The van der Waals surface area contributed by atoms with E-state index < -0.39 is 0 Å². The maximum absolute atomic E-state index is 11.8. The molecule has 1 N–H and O–H groups in total.